The molecule has 0 radical (unpaired) electrons. The predicted molar refractivity (Wildman–Crippen MR) is 147 cm³/mol. The lowest BCUT2D eigenvalue weighted by Crippen LogP contribution is -2.54. The largest absolute Gasteiger partial charge is 0.463 e. The molecular weight excluding hydrogens is 534 g/mol. The number of hydrogen-bond acceptors (Lipinski definition) is 9. The molecule has 3 rings (SSSR count). The van der Waals surface area contributed by atoms with Crippen LogP contribution in [0, 0.1) is 0 Å². The second-order valence-corrected chi connectivity index (χ2v) is 9.94. The lowest BCUT2D eigenvalue weighted by atomic mass is 10.0. The molecule has 224 valence electrons. The number of nitrogens with one attached hydrogen (secondary N) is 2. The molecule has 5 amide bonds. The molecule has 0 aromatic heterocycles. The van der Waals surface area contributed by atoms with Crippen LogP contribution in [0.3, 0.4) is 0 Å². The zero-order chi connectivity index (χ0) is 29.6. The van der Waals surface area contributed by atoms with Crippen molar-refractivity contribution in [3.63, 3.8) is 0 Å². The van der Waals surface area contributed by atoms with Crippen molar-refractivity contribution in [3.8, 4) is 0 Å². The minimum absolute atomic E-state index is 0.0319. The number of rotatable bonds is 18. The maximum absolute atomic E-state index is 13.1. The van der Waals surface area contributed by atoms with Crippen molar-refractivity contribution in [2.24, 2.45) is 0 Å². The molecule has 1 atom stereocenters. The second-order valence-electron chi connectivity index (χ2n) is 9.94. The van der Waals surface area contributed by atoms with Crippen LogP contribution in [0.1, 0.15) is 91.8 Å². The van der Waals surface area contributed by atoms with E-state index in [-0.39, 0.29) is 54.6 Å². The van der Waals surface area contributed by atoms with Gasteiger partial charge in [0, 0.05) is 25.9 Å². The first-order chi connectivity index (χ1) is 19.8. The van der Waals surface area contributed by atoms with E-state index in [2.05, 4.69) is 17.6 Å². The number of hydrogen-bond donors (Lipinski definition) is 2. The maximum Gasteiger partial charge on any atom is 0.305 e. The van der Waals surface area contributed by atoms with E-state index in [1.165, 1.54) is 6.07 Å². The molecule has 2 heterocycles. The van der Waals surface area contributed by atoms with E-state index in [1.54, 1.807) is 12.1 Å². The van der Waals surface area contributed by atoms with Gasteiger partial charge in [-0.1, -0.05) is 32.3 Å². The summed E-state index contributed by atoms with van der Waals surface area (Å²) in [6.07, 6.45) is 5.82. The Bertz CT molecular complexity index is 1120. The zero-order valence-corrected chi connectivity index (χ0v) is 23.5. The van der Waals surface area contributed by atoms with Crippen molar-refractivity contribution in [1.82, 2.24) is 10.2 Å². The number of ether oxygens (including phenoxy) is 3. The quantitative estimate of drug-likeness (QED) is 0.153. The Labute approximate surface area is 239 Å². The number of carbonyl (C=O) groups is 6. The average Bonchev–Trinajstić information content (AvgIpc) is 3.19. The Kier molecular flexibility index (Phi) is 12.9. The third kappa shape index (κ3) is 9.46. The summed E-state index contributed by atoms with van der Waals surface area (Å²) in [7, 11) is 0. The molecule has 0 saturated carbocycles. The van der Waals surface area contributed by atoms with Gasteiger partial charge < -0.3 is 19.5 Å². The van der Waals surface area contributed by atoms with Crippen molar-refractivity contribution >= 4 is 41.2 Å². The SMILES string of the molecule is CCCCCC(=O)OCCOCCOCCCCCC(=O)Nc1cccc2c1C(=O)N(C1CCC(=O)NC1=O)C2=O. The van der Waals surface area contributed by atoms with E-state index < -0.39 is 29.7 Å². The number of imide groups is 2. The Morgan fingerprint density at radius 2 is 1.63 bits per heavy atom. The van der Waals surface area contributed by atoms with Gasteiger partial charge in [-0.2, -0.15) is 0 Å². The number of esters is 1. The molecule has 0 bridgehead atoms. The Morgan fingerprint density at radius 3 is 2.39 bits per heavy atom. The highest BCUT2D eigenvalue weighted by Crippen LogP contribution is 2.32. The molecule has 2 aliphatic rings. The minimum atomic E-state index is -1.07. The predicted octanol–water partition coefficient (Wildman–Crippen LogP) is 2.74. The van der Waals surface area contributed by atoms with Gasteiger partial charge in [0.05, 0.1) is 36.6 Å². The van der Waals surface area contributed by atoms with Crippen molar-refractivity contribution < 1.29 is 43.0 Å². The summed E-state index contributed by atoms with van der Waals surface area (Å²) in [6.45, 7) is 4.00. The summed E-state index contributed by atoms with van der Waals surface area (Å²) in [5, 5.41) is 4.88. The van der Waals surface area contributed by atoms with E-state index in [0.717, 1.165) is 37.0 Å². The van der Waals surface area contributed by atoms with Crippen molar-refractivity contribution in [1.29, 1.82) is 0 Å². The fourth-order valence-electron chi connectivity index (χ4n) is 4.63. The number of anilines is 1. The highest BCUT2D eigenvalue weighted by atomic mass is 16.6. The molecule has 1 fully saturated rings. The Morgan fingerprint density at radius 1 is 0.902 bits per heavy atom. The Balaban J connectivity index is 1.29. The third-order valence-corrected chi connectivity index (χ3v) is 6.78. The fraction of sp³-hybridized carbons (Fsp3) is 0.586. The molecule has 41 heavy (non-hydrogen) atoms. The molecule has 1 aromatic rings. The summed E-state index contributed by atoms with van der Waals surface area (Å²) in [4.78, 5) is 74.6. The first kappa shape index (κ1) is 31.9. The summed E-state index contributed by atoms with van der Waals surface area (Å²) < 4.78 is 16.0. The summed E-state index contributed by atoms with van der Waals surface area (Å²) >= 11 is 0. The van der Waals surface area contributed by atoms with Crippen LogP contribution in [0.15, 0.2) is 18.2 Å². The third-order valence-electron chi connectivity index (χ3n) is 6.78. The molecule has 12 nitrogen and oxygen atoms in total. The smallest absolute Gasteiger partial charge is 0.305 e. The van der Waals surface area contributed by atoms with E-state index in [4.69, 9.17) is 14.2 Å². The molecule has 0 spiro atoms. The highest BCUT2D eigenvalue weighted by Gasteiger charge is 2.45. The average molecular weight is 574 g/mol. The van der Waals surface area contributed by atoms with E-state index in [0.29, 0.717) is 39.3 Å². The molecule has 1 saturated heterocycles. The number of fused-ring (bicyclic) bond motifs is 1. The first-order valence-corrected chi connectivity index (χ1v) is 14.3. The van der Waals surface area contributed by atoms with Gasteiger partial charge in [0.15, 0.2) is 0 Å². The molecule has 12 heteroatoms. The number of carbonyl (C=O) groups excluding carboxylic acids is 6. The molecule has 2 aliphatic heterocycles. The molecule has 1 unspecified atom stereocenters. The van der Waals surface area contributed by atoms with E-state index in [9.17, 15) is 28.8 Å². The van der Waals surface area contributed by atoms with Gasteiger partial charge in [-0.3, -0.25) is 39.0 Å². The van der Waals surface area contributed by atoms with Gasteiger partial charge in [0.2, 0.25) is 17.7 Å². The lowest BCUT2D eigenvalue weighted by molar-refractivity contribution is -0.145. The number of benzene rings is 1. The topological polar surface area (TPSA) is 157 Å². The number of unbranched alkanes of at least 4 members (excludes halogenated alkanes) is 4. The molecular formula is C29H39N3O9. The standard InChI is InChI=1S/C29H39N3O9/c1-2-3-5-12-25(35)41-19-18-40-17-16-39-15-7-4-6-11-23(33)30-21-10-8-9-20-26(21)29(38)32(28(20)37)22-13-14-24(34)31-27(22)36/h8-10,22H,2-7,11-19H2,1H3,(H,30,33)(H,31,34,36). The second kappa shape index (κ2) is 16.6. The number of piperidine rings is 1. The normalized spacial score (nSPS) is 16.5. The van der Waals surface area contributed by atoms with Gasteiger partial charge in [-0.25, -0.2) is 0 Å². The van der Waals surface area contributed by atoms with Gasteiger partial charge in [0.1, 0.15) is 12.6 Å². The Hall–Kier alpha value is -3.64. The summed E-state index contributed by atoms with van der Waals surface area (Å²) in [5.74, 6) is -2.91. The maximum atomic E-state index is 13.1. The summed E-state index contributed by atoms with van der Waals surface area (Å²) in [5.41, 5.74) is 0.383. The van der Waals surface area contributed by atoms with Crippen molar-refractivity contribution in [2.45, 2.75) is 77.2 Å². The molecule has 0 aliphatic carbocycles. The highest BCUT2D eigenvalue weighted by molar-refractivity contribution is 6.26. The monoisotopic (exact) mass is 573 g/mol. The van der Waals surface area contributed by atoms with Gasteiger partial charge >= 0.3 is 5.97 Å². The van der Waals surface area contributed by atoms with Crippen LogP contribution < -0.4 is 10.6 Å². The van der Waals surface area contributed by atoms with Crippen LogP contribution in [0.2, 0.25) is 0 Å². The zero-order valence-electron chi connectivity index (χ0n) is 23.5. The van der Waals surface area contributed by atoms with E-state index in [1.807, 2.05) is 0 Å². The molecule has 1 aromatic carbocycles. The van der Waals surface area contributed by atoms with Crippen molar-refractivity contribution in [3.05, 3.63) is 29.3 Å². The van der Waals surface area contributed by atoms with Crippen LogP contribution in [0.5, 0.6) is 0 Å². The summed E-state index contributed by atoms with van der Waals surface area (Å²) in [6, 6.07) is 3.52. The van der Waals surface area contributed by atoms with Crippen LogP contribution >= 0.6 is 0 Å². The van der Waals surface area contributed by atoms with Gasteiger partial charge in [-0.05, 0) is 37.8 Å². The van der Waals surface area contributed by atoms with Crippen LogP contribution in [0.25, 0.3) is 0 Å². The van der Waals surface area contributed by atoms with Crippen LogP contribution in [-0.4, -0.2) is 79.5 Å². The van der Waals surface area contributed by atoms with Gasteiger partial charge in [-0.15, -0.1) is 0 Å². The van der Waals surface area contributed by atoms with Crippen molar-refractivity contribution in [2.75, 3.05) is 38.4 Å². The fourth-order valence-corrected chi connectivity index (χ4v) is 4.63. The van der Waals surface area contributed by atoms with E-state index >= 15 is 0 Å². The number of amides is 5. The minimum Gasteiger partial charge on any atom is -0.463 e. The number of nitrogens with zero attached hydrogens (tertiary/aromatic N) is 1. The van der Waals surface area contributed by atoms with Crippen LogP contribution in [-0.2, 0) is 33.4 Å². The molecule has 2 N–H and O–H groups in total. The van der Waals surface area contributed by atoms with Crippen LogP contribution in [0.4, 0.5) is 5.69 Å². The first-order valence-electron chi connectivity index (χ1n) is 14.3. The van der Waals surface area contributed by atoms with Gasteiger partial charge in [0.25, 0.3) is 11.8 Å². The lowest BCUT2D eigenvalue weighted by Gasteiger charge is -2.27.